The first-order valence-corrected chi connectivity index (χ1v) is 24.1. The Bertz CT molecular complexity index is 2970. The molecule has 0 radical (unpaired) electrons. The predicted octanol–water partition coefficient (Wildman–Crippen LogP) is 17.3. The van der Waals surface area contributed by atoms with Gasteiger partial charge < -0.3 is 9.80 Å². The molecule has 4 aromatic rings. The standard InChI is InChI=1S/C65H62N2/c1-6-7-23-56-44-57-33-41-63(46-65(57)50(56)5)67(62-40-32-55-24-17-11-14-20-48(3)64(55)45-62)60-38-30-54(31-39-60)53-28-36-59(37-29-53)66(61-25-18-10-8-9-13-19-47(2)49(4)42-61)58-34-26-52(27-35-58)43-51-21-15-12-16-22-51/h7-28,30-31,33-39,41-42,45-46,53H,2,6,29,32,40,43-44H2,1,3-5H3/b9-8-,14-11-,17-11?,18-10-,19-13-,20-14?,23-7-,24-17-,48-20+,49-42+,55-24?,61-25+,64-48?. The zero-order valence-electron chi connectivity index (χ0n) is 39.6. The number of nitrogens with zero attached hydrogens (tertiary/aromatic N) is 2. The molecule has 9 rings (SSSR count). The zero-order valence-corrected chi connectivity index (χ0v) is 39.6. The van der Waals surface area contributed by atoms with Gasteiger partial charge in [0.15, 0.2) is 0 Å². The highest BCUT2D eigenvalue weighted by atomic mass is 15.2. The van der Waals surface area contributed by atoms with Gasteiger partial charge >= 0.3 is 0 Å². The molecule has 1 unspecified atom stereocenters. The first-order valence-electron chi connectivity index (χ1n) is 24.1. The molecule has 0 bridgehead atoms. The Hall–Kier alpha value is -7.42. The zero-order chi connectivity index (χ0) is 46.1. The molecule has 0 heterocycles. The van der Waals surface area contributed by atoms with Crippen LogP contribution in [0.25, 0.3) is 5.57 Å². The number of benzene rings is 4. The summed E-state index contributed by atoms with van der Waals surface area (Å²) in [6.45, 7) is 13.3. The summed E-state index contributed by atoms with van der Waals surface area (Å²) in [7, 11) is 0. The molecule has 5 aliphatic carbocycles. The number of fused-ring (bicyclic) bond motifs is 1. The first-order chi connectivity index (χ1) is 32.8. The van der Waals surface area contributed by atoms with Crippen molar-refractivity contribution in [2.24, 2.45) is 0 Å². The van der Waals surface area contributed by atoms with Crippen LogP contribution in [-0.2, 0) is 12.8 Å². The van der Waals surface area contributed by atoms with Crippen molar-refractivity contribution in [2.75, 3.05) is 9.80 Å². The van der Waals surface area contributed by atoms with Gasteiger partial charge in [-0.1, -0.05) is 165 Å². The first kappa shape index (κ1) is 44.8. The van der Waals surface area contributed by atoms with Gasteiger partial charge in [0, 0.05) is 40.1 Å². The highest BCUT2D eigenvalue weighted by Crippen LogP contribution is 2.43. The van der Waals surface area contributed by atoms with E-state index >= 15 is 0 Å². The molecule has 5 aliphatic rings. The maximum atomic E-state index is 4.39. The van der Waals surface area contributed by atoms with Gasteiger partial charge in [0.2, 0.25) is 0 Å². The largest absolute Gasteiger partial charge is 0.314 e. The molecule has 4 aromatic carbocycles. The molecule has 0 saturated carbocycles. The lowest BCUT2D eigenvalue weighted by Crippen LogP contribution is -2.22. The van der Waals surface area contributed by atoms with Gasteiger partial charge in [-0.3, -0.25) is 0 Å². The summed E-state index contributed by atoms with van der Waals surface area (Å²) < 4.78 is 0. The van der Waals surface area contributed by atoms with Crippen LogP contribution >= 0.6 is 0 Å². The Morgan fingerprint density at radius 2 is 1.34 bits per heavy atom. The molecule has 0 N–H and O–H groups in total. The van der Waals surface area contributed by atoms with Crippen molar-refractivity contribution in [3.8, 4) is 0 Å². The summed E-state index contributed by atoms with van der Waals surface area (Å²) in [5.74, 6) is 0.252. The molecule has 0 amide bonds. The average Bonchev–Trinajstić information content (AvgIpc) is 3.65. The van der Waals surface area contributed by atoms with E-state index in [0.717, 1.165) is 66.8 Å². The maximum Gasteiger partial charge on any atom is 0.0464 e. The Kier molecular flexibility index (Phi) is 13.9. The summed E-state index contributed by atoms with van der Waals surface area (Å²) in [6, 6.07) is 36.3. The van der Waals surface area contributed by atoms with Crippen molar-refractivity contribution in [1.82, 2.24) is 0 Å². The van der Waals surface area contributed by atoms with E-state index in [2.05, 4.69) is 251 Å². The van der Waals surface area contributed by atoms with E-state index in [9.17, 15) is 0 Å². The Labute approximate surface area is 400 Å². The van der Waals surface area contributed by atoms with E-state index in [1.54, 1.807) is 0 Å². The molecule has 0 saturated heterocycles. The molecular formula is C65H62N2. The second kappa shape index (κ2) is 20.8. The second-order valence-corrected chi connectivity index (χ2v) is 18.1. The molecule has 1 atom stereocenters. The topological polar surface area (TPSA) is 6.48 Å². The van der Waals surface area contributed by atoms with Gasteiger partial charge in [-0.25, -0.2) is 0 Å². The van der Waals surface area contributed by atoms with Crippen molar-refractivity contribution in [3.63, 3.8) is 0 Å². The van der Waals surface area contributed by atoms with Crippen LogP contribution in [0.4, 0.5) is 17.1 Å². The SMILES string of the molecule is C=C1\C=C/C=C\C=C/C=C(N(C2=CCC(c3ccc(N(C4=CC5=C(\C=C/C=C\C=C5/C)CC4)c4ccc5c(c4)C(C)=C(/C=C\CC)C5)cc3)C=C2)c2ccc(Cc3ccccc3)cc2)\C=C\1C. The lowest BCUT2D eigenvalue weighted by Gasteiger charge is -2.32. The third-order valence-electron chi connectivity index (χ3n) is 13.6. The van der Waals surface area contributed by atoms with Crippen molar-refractivity contribution in [1.29, 1.82) is 0 Å². The number of hydrogen-bond donors (Lipinski definition) is 0. The predicted molar refractivity (Wildman–Crippen MR) is 288 cm³/mol. The van der Waals surface area contributed by atoms with Crippen LogP contribution in [0, 0.1) is 0 Å². The number of rotatable bonds is 11. The fraction of sp³-hybridized carbons (Fsp3) is 0.169. The van der Waals surface area contributed by atoms with Crippen molar-refractivity contribution >= 4 is 22.6 Å². The molecule has 0 spiro atoms. The lowest BCUT2D eigenvalue weighted by atomic mass is 9.88. The van der Waals surface area contributed by atoms with Gasteiger partial charge in [0.1, 0.15) is 0 Å². The molecule has 2 heteroatoms. The van der Waals surface area contributed by atoms with Gasteiger partial charge in [-0.05, 0) is 187 Å². The summed E-state index contributed by atoms with van der Waals surface area (Å²) in [4.78, 5) is 4.91. The van der Waals surface area contributed by atoms with Crippen LogP contribution in [0.2, 0.25) is 0 Å². The van der Waals surface area contributed by atoms with Crippen molar-refractivity contribution in [3.05, 3.63) is 297 Å². The molecular weight excluding hydrogens is 809 g/mol. The van der Waals surface area contributed by atoms with E-state index in [-0.39, 0.29) is 5.92 Å². The Morgan fingerprint density at radius 3 is 2.13 bits per heavy atom. The summed E-state index contributed by atoms with van der Waals surface area (Å²) in [5.41, 5.74) is 22.7. The maximum absolute atomic E-state index is 4.39. The molecule has 0 aliphatic heterocycles. The monoisotopic (exact) mass is 870 g/mol. The van der Waals surface area contributed by atoms with Crippen molar-refractivity contribution in [2.45, 2.75) is 72.1 Å². The number of anilines is 3. The third kappa shape index (κ3) is 10.4. The molecule has 0 aromatic heterocycles. The third-order valence-corrected chi connectivity index (χ3v) is 13.6. The minimum atomic E-state index is 0.252. The smallest absolute Gasteiger partial charge is 0.0464 e. The highest BCUT2D eigenvalue weighted by Gasteiger charge is 2.25. The molecule has 2 nitrogen and oxygen atoms in total. The van der Waals surface area contributed by atoms with Gasteiger partial charge in [0.05, 0.1) is 0 Å². The van der Waals surface area contributed by atoms with Gasteiger partial charge in [0.25, 0.3) is 0 Å². The minimum Gasteiger partial charge on any atom is -0.314 e. The van der Waals surface area contributed by atoms with E-state index in [0.29, 0.717) is 0 Å². The summed E-state index contributed by atoms with van der Waals surface area (Å²) >= 11 is 0. The Balaban J connectivity index is 1.03. The van der Waals surface area contributed by atoms with Crippen molar-refractivity contribution < 1.29 is 0 Å². The van der Waals surface area contributed by atoms with Crippen LogP contribution in [0.1, 0.15) is 87.1 Å². The van der Waals surface area contributed by atoms with Crippen LogP contribution < -0.4 is 9.80 Å². The average molecular weight is 871 g/mol. The van der Waals surface area contributed by atoms with E-state index in [4.69, 9.17) is 0 Å². The van der Waals surface area contributed by atoms with Crippen LogP contribution in [0.5, 0.6) is 0 Å². The molecule has 0 fully saturated rings. The van der Waals surface area contributed by atoms with Crippen LogP contribution in [0.3, 0.4) is 0 Å². The summed E-state index contributed by atoms with van der Waals surface area (Å²) in [6.07, 6.45) is 47.9. The van der Waals surface area contributed by atoms with Gasteiger partial charge in [-0.2, -0.15) is 0 Å². The fourth-order valence-electron chi connectivity index (χ4n) is 9.70. The number of allylic oxidation sites excluding steroid dienone is 27. The lowest BCUT2D eigenvalue weighted by molar-refractivity contribution is 0.836. The van der Waals surface area contributed by atoms with Crippen LogP contribution in [0.15, 0.2) is 270 Å². The van der Waals surface area contributed by atoms with E-state index in [1.807, 2.05) is 6.08 Å². The van der Waals surface area contributed by atoms with E-state index < -0.39 is 0 Å². The fourth-order valence-corrected chi connectivity index (χ4v) is 9.70. The molecule has 67 heavy (non-hydrogen) atoms. The highest BCUT2D eigenvalue weighted by molar-refractivity contribution is 5.82. The molecule has 332 valence electrons. The van der Waals surface area contributed by atoms with Crippen LogP contribution in [-0.4, -0.2) is 0 Å². The second-order valence-electron chi connectivity index (χ2n) is 18.1. The number of hydrogen-bond acceptors (Lipinski definition) is 2. The normalized spacial score (nSPS) is 22.8. The summed E-state index contributed by atoms with van der Waals surface area (Å²) in [5, 5.41) is 0. The minimum absolute atomic E-state index is 0.252. The van der Waals surface area contributed by atoms with E-state index in [1.165, 1.54) is 72.8 Å². The Morgan fingerprint density at radius 1 is 0.642 bits per heavy atom. The quantitative estimate of drug-likeness (QED) is 0.148. The van der Waals surface area contributed by atoms with Gasteiger partial charge in [-0.15, -0.1) is 0 Å².